The lowest BCUT2D eigenvalue weighted by molar-refractivity contribution is -0.143. The summed E-state index contributed by atoms with van der Waals surface area (Å²) in [4.78, 5) is 4.82. The minimum atomic E-state index is -5.78. The van der Waals surface area contributed by atoms with Gasteiger partial charge in [0, 0.05) is 5.56 Å². The summed E-state index contributed by atoms with van der Waals surface area (Å²) in [5.41, 5.74) is -9.68. The van der Waals surface area contributed by atoms with Crippen molar-refractivity contribution in [2.24, 2.45) is 5.16 Å². The second kappa shape index (κ2) is 13.7. The number of anilines is 1. The summed E-state index contributed by atoms with van der Waals surface area (Å²) in [5, 5.41) is 3.51. The number of sulfonamides is 1. The van der Waals surface area contributed by atoms with Crippen LogP contribution < -0.4 is 4.72 Å². The van der Waals surface area contributed by atoms with E-state index in [-0.39, 0.29) is 17.3 Å². The quantitative estimate of drug-likeness (QED) is 0.212. The predicted molar refractivity (Wildman–Crippen MR) is 126 cm³/mol. The Morgan fingerprint density at radius 2 is 1.32 bits per heavy atom. The monoisotopic (exact) mass is 582 g/mol. The van der Waals surface area contributed by atoms with Gasteiger partial charge in [-0.1, -0.05) is 44.5 Å². The molecule has 0 bridgehead atoms. The van der Waals surface area contributed by atoms with E-state index in [1.54, 1.807) is 0 Å². The summed E-state index contributed by atoms with van der Waals surface area (Å²) >= 11 is 0. The van der Waals surface area contributed by atoms with Crippen LogP contribution in [0.15, 0.2) is 41.6 Å². The van der Waals surface area contributed by atoms with E-state index in [9.17, 15) is 47.9 Å². The zero-order valence-electron chi connectivity index (χ0n) is 21.2. The Hall–Kier alpha value is -2.97. The molecule has 15 heteroatoms. The lowest BCUT2D eigenvalue weighted by atomic mass is 10.1. The second-order valence-corrected chi connectivity index (χ2v) is 8.64. The predicted octanol–water partition coefficient (Wildman–Crippen LogP) is 8.29. The molecule has 0 aromatic heterocycles. The summed E-state index contributed by atoms with van der Waals surface area (Å²) in [7, 11) is -5.78. The number of aryl methyl sites for hydroxylation is 1. The van der Waals surface area contributed by atoms with E-state index in [1.807, 2.05) is 27.7 Å². The van der Waals surface area contributed by atoms with Gasteiger partial charge in [-0.25, -0.2) is 0 Å². The Balaban J connectivity index is 0.00000326. The number of rotatable bonds is 6. The fourth-order valence-corrected chi connectivity index (χ4v) is 3.19. The van der Waals surface area contributed by atoms with Gasteiger partial charge in [-0.3, -0.25) is 4.72 Å². The molecule has 0 unspecified atom stereocenters. The average molecular weight is 583 g/mol. The topological polar surface area (TPSA) is 67.8 Å². The van der Waals surface area contributed by atoms with E-state index in [2.05, 4.69) is 5.16 Å². The van der Waals surface area contributed by atoms with Crippen molar-refractivity contribution in [2.75, 3.05) is 4.72 Å². The summed E-state index contributed by atoms with van der Waals surface area (Å²) in [5.74, 6) is 0. The van der Waals surface area contributed by atoms with Crippen LogP contribution in [0.1, 0.15) is 62.4 Å². The van der Waals surface area contributed by atoms with E-state index in [1.165, 1.54) is 30.7 Å². The summed E-state index contributed by atoms with van der Waals surface area (Å²) in [6, 6.07) is 4.36. The summed E-state index contributed by atoms with van der Waals surface area (Å²) in [6.07, 6.45) is -10.1. The minimum absolute atomic E-state index is 0.0657. The van der Waals surface area contributed by atoms with Crippen molar-refractivity contribution in [2.45, 2.75) is 66.0 Å². The second-order valence-electron chi connectivity index (χ2n) is 6.96. The number of alkyl halides is 9. The van der Waals surface area contributed by atoms with E-state index < -0.39 is 56.9 Å². The Morgan fingerprint density at radius 3 is 1.74 bits per heavy atom. The molecule has 0 aliphatic rings. The molecule has 1 N–H and O–H groups in total. The first-order valence-electron chi connectivity index (χ1n) is 11.0. The van der Waals surface area contributed by atoms with E-state index in [4.69, 9.17) is 4.84 Å². The smallest absolute Gasteiger partial charge is 0.391 e. The third-order valence-electron chi connectivity index (χ3n) is 4.19. The molecule has 0 fully saturated rings. The van der Waals surface area contributed by atoms with Gasteiger partial charge in [-0.05, 0) is 49.7 Å². The van der Waals surface area contributed by atoms with Crippen molar-refractivity contribution in [1.82, 2.24) is 0 Å². The van der Waals surface area contributed by atoms with Crippen LogP contribution in [-0.4, -0.2) is 19.6 Å². The maximum atomic E-state index is 12.9. The molecular weight excluding hydrogens is 555 g/mol. The first-order chi connectivity index (χ1) is 17.3. The van der Waals surface area contributed by atoms with Gasteiger partial charge in [-0.15, -0.1) is 0 Å². The zero-order chi connectivity index (χ0) is 30.1. The van der Waals surface area contributed by atoms with Crippen molar-refractivity contribution in [3.63, 3.8) is 0 Å². The Morgan fingerprint density at radius 1 is 0.842 bits per heavy atom. The third kappa shape index (κ3) is 10.1. The molecular formula is C23H27F9N2O3S. The lowest BCUT2D eigenvalue weighted by Gasteiger charge is -2.15. The fraction of sp³-hybridized carbons (Fsp3) is 0.435. The Kier molecular flexibility index (Phi) is 12.6. The SMILES string of the molecule is C/C(=N\OCc1cc(C(F)(F)F)cc(C(F)(F)F)c1)c1cc(C)ccc1NS(=O)(=O)C(F)(F)F.CC.CC. The van der Waals surface area contributed by atoms with Crippen molar-refractivity contribution in [1.29, 1.82) is 0 Å². The molecule has 5 nitrogen and oxygen atoms in total. The first kappa shape index (κ1) is 35.0. The molecule has 0 spiro atoms. The van der Waals surface area contributed by atoms with Crippen molar-refractivity contribution in [3.05, 3.63) is 64.2 Å². The average Bonchev–Trinajstić information content (AvgIpc) is 2.80. The van der Waals surface area contributed by atoms with E-state index in [0.717, 1.165) is 6.07 Å². The zero-order valence-corrected chi connectivity index (χ0v) is 22.0. The number of hydrogen-bond acceptors (Lipinski definition) is 4. The molecule has 0 saturated heterocycles. The van der Waals surface area contributed by atoms with Gasteiger partial charge in [0.25, 0.3) is 0 Å². The van der Waals surface area contributed by atoms with Crippen LogP contribution in [0.5, 0.6) is 0 Å². The van der Waals surface area contributed by atoms with Crippen LogP contribution in [-0.2, 0) is 33.8 Å². The highest BCUT2D eigenvalue weighted by Gasteiger charge is 2.46. The van der Waals surface area contributed by atoms with Gasteiger partial charge in [0.2, 0.25) is 0 Å². The van der Waals surface area contributed by atoms with E-state index in [0.29, 0.717) is 17.7 Å². The van der Waals surface area contributed by atoms with Gasteiger partial charge in [-0.2, -0.15) is 47.9 Å². The molecule has 216 valence electrons. The van der Waals surface area contributed by atoms with Crippen LogP contribution in [0.3, 0.4) is 0 Å². The minimum Gasteiger partial charge on any atom is -0.391 e. The molecule has 0 aliphatic heterocycles. The molecule has 2 rings (SSSR count). The fourth-order valence-electron chi connectivity index (χ4n) is 2.60. The Bertz CT molecular complexity index is 1160. The molecule has 2 aromatic rings. The highest BCUT2D eigenvalue weighted by atomic mass is 32.2. The van der Waals surface area contributed by atoms with Crippen molar-refractivity contribution >= 4 is 21.4 Å². The van der Waals surface area contributed by atoms with Crippen LogP contribution in [0.4, 0.5) is 45.2 Å². The van der Waals surface area contributed by atoms with Crippen LogP contribution >= 0.6 is 0 Å². The molecule has 38 heavy (non-hydrogen) atoms. The molecule has 0 radical (unpaired) electrons. The molecule has 2 aromatic carbocycles. The van der Waals surface area contributed by atoms with E-state index >= 15 is 0 Å². The van der Waals surface area contributed by atoms with Crippen molar-refractivity contribution in [3.8, 4) is 0 Å². The van der Waals surface area contributed by atoms with Gasteiger partial charge >= 0.3 is 27.9 Å². The standard InChI is InChI=1S/C19H15F9N2O3S.2C2H6/c1-10-3-4-16(30-34(31,32)19(26,27)28)15(5-10)11(2)29-33-9-12-6-13(17(20,21)22)8-14(7-12)18(23,24)25;2*1-2/h3-8,30H,9H2,1-2H3;2*1-2H3/b29-11+;;. The molecule has 0 aliphatic carbocycles. The molecule has 0 saturated carbocycles. The highest BCUT2D eigenvalue weighted by molar-refractivity contribution is 7.93. The van der Waals surface area contributed by atoms with Crippen LogP contribution in [0.2, 0.25) is 0 Å². The molecule has 0 atom stereocenters. The number of nitrogens with one attached hydrogen (secondary N) is 1. The molecule has 0 heterocycles. The number of nitrogens with zero attached hydrogens (tertiary/aromatic N) is 1. The van der Waals surface area contributed by atoms with Crippen LogP contribution in [0.25, 0.3) is 0 Å². The number of benzene rings is 2. The number of oxime groups is 1. The first-order valence-corrected chi connectivity index (χ1v) is 12.4. The number of hydrogen-bond donors (Lipinski definition) is 1. The van der Waals surface area contributed by atoms with Gasteiger partial charge in [0.05, 0.1) is 22.5 Å². The largest absolute Gasteiger partial charge is 0.516 e. The number of halogens is 9. The lowest BCUT2D eigenvalue weighted by Crippen LogP contribution is -2.30. The van der Waals surface area contributed by atoms with Crippen LogP contribution in [0, 0.1) is 6.92 Å². The van der Waals surface area contributed by atoms with Gasteiger partial charge < -0.3 is 4.84 Å². The van der Waals surface area contributed by atoms with Crippen molar-refractivity contribution < 1.29 is 52.8 Å². The van der Waals surface area contributed by atoms with Gasteiger partial charge in [0.1, 0.15) is 6.61 Å². The maximum Gasteiger partial charge on any atom is 0.516 e. The van der Waals surface area contributed by atoms with Gasteiger partial charge in [0.15, 0.2) is 0 Å². The maximum absolute atomic E-state index is 12.9. The normalized spacial score (nSPS) is 12.6. The highest BCUT2D eigenvalue weighted by Crippen LogP contribution is 2.36. The Labute approximate surface area is 214 Å². The summed E-state index contributed by atoms with van der Waals surface area (Å²) < 4.78 is 140. The third-order valence-corrected chi connectivity index (χ3v) is 5.29. The molecule has 0 amide bonds. The summed E-state index contributed by atoms with van der Waals surface area (Å²) in [6.45, 7) is 9.87.